The molecule has 0 saturated heterocycles. The molecular weight excluding hydrogens is 272 g/mol. The van der Waals surface area contributed by atoms with E-state index in [1.807, 2.05) is 0 Å². The van der Waals surface area contributed by atoms with Crippen molar-refractivity contribution in [2.75, 3.05) is 5.32 Å². The van der Waals surface area contributed by atoms with Crippen molar-refractivity contribution in [3.8, 4) is 0 Å². The van der Waals surface area contributed by atoms with Crippen LogP contribution >= 0.6 is 0 Å². The van der Waals surface area contributed by atoms with E-state index in [-0.39, 0.29) is 25.4 Å². The lowest BCUT2D eigenvalue weighted by Crippen LogP contribution is -2.19. The molecule has 0 aliphatic heterocycles. The monoisotopic (exact) mass is 288 g/mol. The van der Waals surface area contributed by atoms with Crippen LogP contribution in [0.2, 0.25) is 0 Å². The normalized spacial score (nSPS) is 10.3. The van der Waals surface area contributed by atoms with E-state index < -0.39 is 5.91 Å². The molecular formula is C13H16N6O2. The molecule has 0 spiro atoms. The van der Waals surface area contributed by atoms with Crippen molar-refractivity contribution in [1.29, 1.82) is 0 Å². The molecule has 0 aliphatic rings. The van der Waals surface area contributed by atoms with Gasteiger partial charge < -0.3 is 16.8 Å². The first kappa shape index (κ1) is 14.7. The number of benzene rings is 1. The van der Waals surface area contributed by atoms with Crippen molar-refractivity contribution in [1.82, 2.24) is 15.0 Å². The lowest BCUT2D eigenvalue weighted by Gasteiger charge is -2.06. The molecule has 2 aromatic rings. The summed E-state index contributed by atoms with van der Waals surface area (Å²) in [7, 11) is 0. The summed E-state index contributed by atoms with van der Waals surface area (Å²) in [6.07, 6.45) is 1.80. The van der Waals surface area contributed by atoms with Gasteiger partial charge >= 0.3 is 0 Å². The standard InChI is InChI=1S/C13H16N6O2/c14-6-11-7-19(18-17-11)8-13(21)16-10-3-1-9(2-4-10)5-12(15)20/h1-4,7H,5-6,8,14H2,(H2,15,20)(H,16,21). The second kappa shape index (κ2) is 6.62. The van der Waals surface area contributed by atoms with Gasteiger partial charge in [-0.15, -0.1) is 5.10 Å². The minimum atomic E-state index is -0.395. The van der Waals surface area contributed by atoms with Gasteiger partial charge in [0.2, 0.25) is 11.8 Å². The number of nitrogens with zero attached hydrogens (tertiary/aromatic N) is 3. The van der Waals surface area contributed by atoms with Crippen LogP contribution in [0.1, 0.15) is 11.3 Å². The topological polar surface area (TPSA) is 129 Å². The molecule has 110 valence electrons. The highest BCUT2D eigenvalue weighted by molar-refractivity contribution is 5.90. The van der Waals surface area contributed by atoms with Gasteiger partial charge in [0.15, 0.2) is 0 Å². The SMILES string of the molecule is NCc1cn(CC(=O)Nc2ccc(CC(N)=O)cc2)nn1. The summed E-state index contributed by atoms with van der Waals surface area (Å²) in [6.45, 7) is 0.332. The van der Waals surface area contributed by atoms with Crippen molar-refractivity contribution in [3.05, 3.63) is 41.7 Å². The van der Waals surface area contributed by atoms with Crippen molar-refractivity contribution in [2.24, 2.45) is 11.5 Å². The summed E-state index contributed by atoms with van der Waals surface area (Å²) in [6, 6.07) is 6.90. The maximum Gasteiger partial charge on any atom is 0.246 e. The zero-order valence-corrected chi connectivity index (χ0v) is 11.3. The van der Waals surface area contributed by atoms with Crippen LogP contribution in [0.3, 0.4) is 0 Å². The summed E-state index contributed by atoms with van der Waals surface area (Å²) in [5.74, 6) is -0.625. The fraction of sp³-hybridized carbons (Fsp3) is 0.231. The predicted molar refractivity (Wildman–Crippen MR) is 75.9 cm³/mol. The third-order valence-corrected chi connectivity index (χ3v) is 2.72. The molecule has 0 aliphatic carbocycles. The van der Waals surface area contributed by atoms with Crippen LogP contribution in [0, 0.1) is 0 Å². The first-order valence-electron chi connectivity index (χ1n) is 6.33. The van der Waals surface area contributed by atoms with Crippen LogP contribution in [-0.2, 0) is 29.1 Å². The lowest BCUT2D eigenvalue weighted by molar-refractivity contribution is -0.118. The van der Waals surface area contributed by atoms with E-state index in [4.69, 9.17) is 11.5 Å². The predicted octanol–water partition coefficient (Wildman–Crippen LogP) is -0.597. The molecule has 8 heteroatoms. The Labute approximate surface area is 121 Å². The van der Waals surface area contributed by atoms with Crippen LogP contribution in [-0.4, -0.2) is 26.8 Å². The molecule has 0 atom stereocenters. The van der Waals surface area contributed by atoms with E-state index in [9.17, 15) is 9.59 Å². The largest absolute Gasteiger partial charge is 0.369 e. The van der Waals surface area contributed by atoms with Crippen molar-refractivity contribution < 1.29 is 9.59 Å². The summed E-state index contributed by atoms with van der Waals surface area (Å²) in [4.78, 5) is 22.6. The van der Waals surface area contributed by atoms with Crippen molar-refractivity contribution >= 4 is 17.5 Å². The van der Waals surface area contributed by atoms with Gasteiger partial charge in [-0.2, -0.15) is 0 Å². The van der Waals surface area contributed by atoms with Gasteiger partial charge in [0.05, 0.1) is 18.3 Å². The van der Waals surface area contributed by atoms with E-state index >= 15 is 0 Å². The second-order valence-electron chi connectivity index (χ2n) is 4.50. The maximum absolute atomic E-state index is 11.8. The van der Waals surface area contributed by atoms with Gasteiger partial charge in [0.1, 0.15) is 6.54 Å². The van der Waals surface area contributed by atoms with Gasteiger partial charge in [-0.05, 0) is 17.7 Å². The number of nitrogens with two attached hydrogens (primary N) is 2. The molecule has 5 N–H and O–H groups in total. The minimum absolute atomic E-state index is 0.0516. The number of carbonyl (C=O) groups is 2. The minimum Gasteiger partial charge on any atom is -0.369 e. The molecule has 0 fully saturated rings. The van der Waals surface area contributed by atoms with Gasteiger partial charge in [-0.3, -0.25) is 9.59 Å². The van der Waals surface area contributed by atoms with Gasteiger partial charge in [-0.25, -0.2) is 4.68 Å². The highest BCUT2D eigenvalue weighted by atomic mass is 16.2. The maximum atomic E-state index is 11.8. The van der Waals surface area contributed by atoms with Crippen molar-refractivity contribution in [3.63, 3.8) is 0 Å². The summed E-state index contributed by atoms with van der Waals surface area (Å²) >= 11 is 0. The molecule has 0 radical (unpaired) electrons. The number of rotatable bonds is 6. The Morgan fingerprint density at radius 3 is 2.52 bits per heavy atom. The molecule has 21 heavy (non-hydrogen) atoms. The average Bonchev–Trinajstić information content (AvgIpc) is 2.88. The Bertz CT molecular complexity index is 634. The number of hydrogen-bond donors (Lipinski definition) is 3. The first-order valence-corrected chi connectivity index (χ1v) is 6.33. The van der Waals surface area contributed by atoms with Gasteiger partial charge in [0, 0.05) is 12.2 Å². The fourth-order valence-electron chi connectivity index (χ4n) is 1.76. The number of hydrogen-bond acceptors (Lipinski definition) is 5. The van der Waals surface area contributed by atoms with Gasteiger partial charge in [0.25, 0.3) is 0 Å². The highest BCUT2D eigenvalue weighted by Gasteiger charge is 2.06. The van der Waals surface area contributed by atoms with E-state index in [2.05, 4.69) is 15.6 Å². The first-order chi connectivity index (χ1) is 10.1. The van der Waals surface area contributed by atoms with E-state index in [1.54, 1.807) is 30.5 Å². The zero-order valence-electron chi connectivity index (χ0n) is 11.3. The Balaban J connectivity index is 1.91. The molecule has 0 bridgehead atoms. The number of amides is 2. The molecule has 2 amide bonds. The van der Waals surface area contributed by atoms with Crippen molar-refractivity contribution in [2.45, 2.75) is 19.5 Å². The summed E-state index contributed by atoms with van der Waals surface area (Å²) in [5.41, 5.74) is 12.6. The van der Waals surface area contributed by atoms with Gasteiger partial charge in [-0.1, -0.05) is 17.3 Å². The highest BCUT2D eigenvalue weighted by Crippen LogP contribution is 2.10. The Hall–Kier alpha value is -2.74. The number of primary amides is 1. The van der Waals surface area contributed by atoms with Crippen LogP contribution in [0.5, 0.6) is 0 Å². The number of anilines is 1. The van der Waals surface area contributed by atoms with Crippen LogP contribution in [0.4, 0.5) is 5.69 Å². The Morgan fingerprint density at radius 2 is 1.95 bits per heavy atom. The van der Waals surface area contributed by atoms with Crippen LogP contribution < -0.4 is 16.8 Å². The number of aromatic nitrogens is 3. The lowest BCUT2D eigenvalue weighted by atomic mass is 10.1. The average molecular weight is 288 g/mol. The molecule has 1 aromatic carbocycles. The molecule has 1 heterocycles. The molecule has 0 unspecified atom stereocenters. The Kier molecular flexibility index (Phi) is 4.62. The fourth-order valence-corrected chi connectivity index (χ4v) is 1.76. The Morgan fingerprint density at radius 1 is 1.24 bits per heavy atom. The smallest absolute Gasteiger partial charge is 0.246 e. The third kappa shape index (κ3) is 4.39. The zero-order chi connectivity index (χ0) is 15.2. The van der Waals surface area contributed by atoms with Crippen LogP contribution in [0.15, 0.2) is 30.5 Å². The summed E-state index contributed by atoms with van der Waals surface area (Å²) < 4.78 is 1.42. The van der Waals surface area contributed by atoms with E-state index in [1.165, 1.54) is 4.68 Å². The molecule has 8 nitrogen and oxygen atoms in total. The molecule has 1 aromatic heterocycles. The van der Waals surface area contributed by atoms with E-state index in [0.717, 1.165) is 5.56 Å². The van der Waals surface area contributed by atoms with E-state index in [0.29, 0.717) is 11.4 Å². The second-order valence-corrected chi connectivity index (χ2v) is 4.50. The molecule has 0 saturated carbocycles. The molecule has 2 rings (SSSR count). The third-order valence-electron chi connectivity index (χ3n) is 2.72. The van der Waals surface area contributed by atoms with Crippen LogP contribution in [0.25, 0.3) is 0 Å². The number of nitrogens with one attached hydrogen (secondary N) is 1. The summed E-state index contributed by atoms with van der Waals surface area (Å²) in [5, 5.41) is 10.3. The number of carbonyl (C=O) groups excluding carboxylic acids is 2. The quantitative estimate of drug-likeness (QED) is 0.654.